The van der Waals surface area contributed by atoms with Crippen molar-refractivity contribution in [2.75, 3.05) is 32.7 Å². The van der Waals surface area contributed by atoms with Gasteiger partial charge in [0.05, 0.1) is 5.56 Å². The standard InChI is InChI=1S/C25H32F3N5O/c26-25(27,28)19-14-18-16-32(13-9-23(18)29-15-19)24(34)33-12-8-21(17-33)30-20-6-10-31(11-7-20)22-4-2-1-3-5-22/h2,4-5,14-15,20-21,30H,1,3,6-13,16-17H2. The highest BCUT2D eigenvalue weighted by Gasteiger charge is 2.35. The molecule has 1 aliphatic carbocycles. The molecule has 0 bridgehead atoms. The van der Waals surface area contributed by atoms with Gasteiger partial charge in [-0.1, -0.05) is 12.2 Å². The summed E-state index contributed by atoms with van der Waals surface area (Å²) in [5.41, 5.74) is 1.75. The van der Waals surface area contributed by atoms with Gasteiger partial charge >= 0.3 is 12.2 Å². The number of alkyl halides is 3. The van der Waals surface area contributed by atoms with Crippen molar-refractivity contribution in [3.63, 3.8) is 0 Å². The molecule has 2 fully saturated rings. The number of likely N-dealkylation sites (tertiary alicyclic amines) is 2. The summed E-state index contributed by atoms with van der Waals surface area (Å²) in [6, 6.07) is 1.78. The third-order valence-electron chi connectivity index (χ3n) is 7.40. The van der Waals surface area contributed by atoms with Gasteiger partial charge in [-0.05, 0) is 49.8 Å². The van der Waals surface area contributed by atoms with Gasteiger partial charge in [0.2, 0.25) is 0 Å². The maximum atomic E-state index is 13.1. The van der Waals surface area contributed by atoms with Crippen LogP contribution in [0.4, 0.5) is 18.0 Å². The third kappa shape index (κ3) is 5.09. The molecule has 4 aliphatic rings. The van der Waals surface area contributed by atoms with E-state index < -0.39 is 11.7 Å². The van der Waals surface area contributed by atoms with Crippen LogP contribution in [0.1, 0.15) is 48.9 Å². The minimum Gasteiger partial charge on any atom is -0.372 e. The molecule has 2 saturated heterocycles. The first-order chi connectivity index (χ1) is 16.4. The molecule has 1 unspecified atom stereocenters. The molecule has 5 rings (SSSR count). The van der Waals surface area contributed by atoms with E-state index in [1.54, 1.807) is 4.90 Å². The number of hydrogen-bond acceptors (Lipinski definition) is 4. The molecule has 9 heteroatoms. The zero-order valence-corrected chi connectivity index (χ0v) is 19.4. The molecule has 1 atom stereocenters. The number of nitrogens with zero attached hydrogens (tertiary/aromatic N) is 4. The van der Waals surface area contributed by atoms with E-state index >= 15 is 0 Å². The number of carbonyl (C=O) groups is 1. The molecular weight excluding hydrogens is 443 g/mol. The zero-order chi connectivity index (χ0) is 23.7. The molecule has 4 heterocycles. The lowest BCUT2D eigenvalue weighted by Crippen LogP contribution is -2.48. The minimum atomic E-state index is -4.43. The molecule has 2 amide bonds. The lowest BCUT2D eigenvalue weighted by Gasteiger charge is -2.36. The van der Waals surface area contributed by atoms with Crippen LogP contribution in [-0.2, 0) is 19.1 Å². The van der Waals surface area contributed by atoms with Crippen molar-refractivity contribution in [3.8, 4) is 0 Å². The number of pyridine rings is 1. The normalized spacial score (nSPS) is 23.8. The summed E-state index contributed by atoms with van der Waals surface area (Å²) in [6.07, 6.45) is 9.10. The second kappa shape index (κ2) is 9.60. The van der Waals surface area contributed by atoms with Crippen LogP contribution in [-0.4, -0.2) is 70.5 Å². The Balaban J connectivity index is 1.11. The van der Waals surface area contributed by atoms with Crippen LogP contribution < -0.4 is 5.32 Å². The van der Waals surface area contributed by atoms with Crippen LogP contribution in [0.15, 0.2) is 36.2 Å². The van der Waals surface area contributed by atoms with E-state index in [9.17, 15) is 18.0 Å². The third-order valence-corrected chi connectivity index (χ3v) is 7.40. The quantitative estimate of drug-likeness (QED) is 0.720. The Morgan fingerprint density at radius 1 is 1.03 bits per heavy atom. The van der Waals surface area contributed by atoms with Crippen molar-refractivity contribution in [1.82, 2.24) is 25.0 Å². The molecule has 1 N–H and O–H groups in total. The fourth-order valence-electron chi connectivity index (χ4n) is 5.49. The Morgan fingerprint density at radius 3 is 2.56 bits per heavy atom. The Kier molecular flexibility index (Phi) is 6.55. The van der Waals surface area contributed by atoms with E-state index in [0.717, 1.165) is 57.5 Å². The molecule has 34 heavy (non-hydrogen) atoms. The molecule has 184 valence electrons. The van der Waals surface area contributed by atoms with E-state index in [2.05, 4.69) is 33.4 Å². The van der Waals surface area contributed by atoms with Gasteiger partial charge in [0, 0.05) is 75.4 Å². The van der Waals surface area contributed by atoms with Crippen LogP contribution in [0, 0.1) is 0 Å². The summed E-state index contributed by atoms with van der Waals surface area (Å²) in [5, 5.41) is 3.76. The Hall–Kier alpha value is -2.55. The minimum absolute atomic E-state index is 0.0850. The molecule has 0 aromatic carbocycles. The first kappa shape index (κ1) is 23.2. The predicted molar refractivity (Wildman–Crippen MR) is 123 cm³/mol. The molecule has 6 nitrogen and oxygen atoms in total. The lowest BCUT2D eigenvalue weighted by molar-refractivity contribution is -0.137. The number of amides is 2. The highest BCUT2D eigenvalue weighted by Crippen LogP contribution is 2.31. The number of piperidine rings is 1. The van der Waals surface area contributed by atoms with Gasteiger partial charge in [0.1, 0.15) is 0 Å². The first-order valence-electron chi connectivity index (χ1n) is 12.3. The van der Waals surface area contributed by atoms with Crippen LogP contribution in [0.2, 0.25) is 0 Å². The fraction of sp³-hybridized carbons (Fsp3) is 0.600. The number of halogens is 3. The molecule has 0 spiro atoms. The van der Waals surface area contributed by atoms with Crippen molar-refractivity contribution >= 4 is 6.03 Å². The Labute approximate surface area is 198 Å². The average Bonchev–Trinajstić information content (AvgIpc) is 3.32. The van der Waals surface area contributed by atoms with Crippen molar-refractivity contribution in [3.05, 3.63) is 53.0 Å². The van der Waals surface area contributed by atoms with Crippen molar-refractivity contribution in [1.29, 1.82) is 0 Å². The van der Waals surface area contributed by atoms with Crippen LogP contribution >= 0.6 is 0 Å². The predicted octanol–water partition coefficient (Wildman–Crippen LogP) is 3.94. The van der Waals surface area contributed by atoms with Crippen LogP contribution in [0.25, 0.3) is 0 Å². The first-order valence-corrected chi connectivity index (χ1v) is 12.3. The van der Waals surface area contributed by atoms with Gasteiger partial charge in [-0.15, -0.1) is 0 Å². The summed E-state index contributed by atoms with van der Waals surface area (Å²) < 4.78 is 39.2. The van der Waals surface area contributed by atoms with Gasteiger partial charge in [0.25, 0.3) is 0 Å². The summed E-state index contributed by atoms with van der Waals surface area (Å²) in [5.74, 6) is 0. The molecule has 1 aromatic rings. The van der Waals surface area contributed by atoms with Gasteiger partial charge in [-0.25, -0.2) is 4.79 Å². The van der Waals surface area contributed by atoms with Crippen molar-refractivity contribution in [2.24, 2.45) is 0 Å². The fourth-order valence-corrected chi connectivity index (χ4v) is 5.49. The van der Waals surface area contributed by atoms with E-state index in [1.165, 1.54) is 5.70 Å². The molecule has 3 aliphatic heterocycles. The molecule has 0 saturated carbocycles. The molecule has 1 aromatic heterocycles. The van der Waals surface area contributed by atoms with Gasteiger partial charge in [-0.3, -0.25) is 4.98 Å². The number of hydrogen-bond donors (Lipinski definition) is 1. The summed E-state index contributed by atoms with van der Waals surface area (Å²) >= 11 is 0. The van der Waals surface area contributed by atoms with Gasteiger partial charge < -0.3 is 20.0 Å². The number of rotatable bonds is 3. The maximum absolute atomic E-state index is 13.1. The number of allylic oxidation sites excluding steroid dienone is 3. The van der Waals surface area contributed by atoms with Crippen molar-refractivity contribution < 1.29 is 18.0 Å². The molecule has 0 radical (unpaired) electrons. The van der Waals surface area contributed by atoms with Crippen LogP contribution in [0.3, 0.4) is 0 Å². The topological polar surface area (TPSA) is 51.7 Å². The average molecular weight is 476 g/mol. The smallest absolute Gasteiger partial charge is 0.372 e. The van der Waals surface area contributed by atoms with E-state index in [4.69, 9.17) is 0 Å². The zero-order valence-electron chi connectivity index (χ0n) is 19.4. The number of urea groups is 1. The highest BCUT2D eigenvalue weighted by molar-refractivity contribution is 5.75. The lowest BCUT2D eigenvalue weighted by atomic mass is 10.0. The van der Waals surface area contributed by atoms with E-state index in [-0.39, 0.29) is 18.6 Å². The summed E-state index contributed by atoms with van der Waals surface area (Å²) in [6.45, 7) is 4.09. The Morgan fingerprint density at radius 2 is 1.82 bits per heavy atom. The second-order valence-electron chi connectivity index (χ2n) is 9.75. The highest BCUT2D eigenvalue weighted by atomic mass is 19.4. The van der Waals surface area contributed by atoms with E-state index in [0.29, 0.717) is 43.4 Å². The number of nitrogens with one attached hydrogen (secondary N) is 1. The van der Waals surface area contributed by atoms with Crippen molar-refractivity contribution in [2.45, 2.75) is 63.3 Å². The monoisotopic (exact) mass is 475 g/mol. The summed E-state index contributed by atoms with van der Waals surface area (Å²) in [7, 11) is 0. The SMILES string of the molecule is O=C(N1CCc2ncc(C(F)(F)F)cc2C1)N1CCC(NC2CCN(C3=CCCC=C3)CC2)C1. The molecular formula is C25H32F3N5O. The Bertz CT molecular complexity index is 968. The number of aromatic nitrogens is 1. The second-order valence-corrected chi connectivity index (χ2v) is 9.75. The number of fused-ring (bicyclic) bond motifs is 1. The van der Waals surface area contributed by atoms with Crippen LogP contribution in [0.5, 0.6) is 0 Å². The van der Waals surface area contributed by atoms with Gasteiger partial charge in [-0.2, -0.15) is 13.2 Å². The van der Waals surface area contributed by atoms with E-state index in [1.807, 2.05) is 4.90 Å². The maximum Gasteiger partial charge on any atom is 0.417 e. The summed E-state index contributed by atoms with van der Waals surface area (Å²) in [4.78, 5) is 23.1. The number of carbonyl (C=O) groups excluding carboxylic acids is 1. The van der Waals surface area contributed by atoms with Gasteiger partial charge in [0.15, 0.2) is 0 Å². The largest absolute Gasteiger partial charge is 0.417 e.